The van der Waals surface area contributed by atoms with Crippen molar-refractivity contribution in [3.05, 3.63) is 33.4 Å². The third kappa shape index (κ3) is 2.81. The van der Waals surface area contributed by atoms with Crippen LogP contribution in [0.2, 0.25) is 0 Å². The number of amides is 2. The van der Waals surface area contributed by atoms with Gasteiger partial charge in [-0.15, -0.1) is 0 Å². The van der Waals surface area contributed by atoms with E-state index < -0.39 is 11.4 Å². The second-order valence-electron chi connectivity index (χ2n) is 4.35. The summed E-state index contributed by atoms with van der Waals surface area (Å²) >= 11 is 2.10. The highest BCUT2D eigenvalue weighted by Crippen LogP contribution is 2.22. The standard InChI is InChI=1S/C12H13IN2O3/c13-9-4-2-1-3-8(9)11(17)15-12(5-10(14)16)6-18-7-12/h1-4H,5-7H2,(H2,14,16)(H,15,17). The Morgan fingerprint density at radius 3 is 2.56 bits per heavy atom. The zero-order valence-electron chi connectivity index (χ0n) is 9.61. The molecule has 1 fully saturated rings. The summed E-state index contributed by atoms with van der Waals surface area (Å²) < 4.78 is 5.94. The van der Waals surface area contributed by atoms with E-state index in [1.165, 1.54) is 0 Å². The Morgan fingerprint density at radius 2 is 2.06 bits per heavy atom. The van der Waals surface area contributed by atoms with Crippen molar-refractivity contribution in [2.45, 2.75) is 12.0 Å². The summed E-state index contributed by atoms with van der Waals surface area (Å²) in [6.07, 6.45) is 0.0994. The quantitative estimate of drug-likeness (QED) is 0.775. The highest BCUT2D eigenvalue weighted by molar-refractivity contribution is 14.1. The number of nitrogens with one attached hydrogen (secondary N) is 1. The Kier molecular flexibility index (Phi) is 3.86. The van der Waals surface area contributed by atoms with Crippen LogP contribution in [0.4, 0.5) is 0 Å². The molecule has 0 atom stereocenters. The molecule has 1 saturated heterocycles. The molecule has 0 aromatic heterocycles. The number of benzene rings is 1. The van der Waals surface area contributed by atoms with Crippen LogP contribution in [0.25, 0.3) is 0 Å². The minimum Gasteiger partial charge on any atom is -0.376 e. The lowest BCUT2D eigenvalue weighted by atomic mass is 9.92. The van der Waals surface area contributed by atoms with E-state index in [9.17, 15) is 9.59 Å². The first kappa shape index (κ1) is 13.3. The normalized spacial score (nSPS) is 16.7. The average molecular weight is 360 g/mol. The summed E-state index contributed by atoms with van der Waals surface area (Å²) in [5.74, 6) is -0.647. The zero-order valence-corrected chi connectivity index (χ0v) is 11.8. The van der Waals surface area contributed by atoms with Crippen LogP contribution in [0.5, 0.6) is 0 Å². The van der Waals surface area contributed by atoms with Crippen molar-refractivity contribution in [2.24, 2.45) is 5.73 Å². The van der Waals surface area contributed by atoms with E-state index in [-0.39, 0.29) is 12.3 Å². The van der Waals surface area contributed by atoms with Crippen molar-refractivity contribution in [1.82, 2.24) is 5.32 Å². The van der Waals surface area contributed by atoms with Gasteiger partial charge in [-0.1, -0.05) is 12.1 Å². The van der Waals surface area contributed by atoms with Crippen molar-refractivity contribution in [3.8, 4) is 0 Å². The van der Waals surface area contributed by atoms with E-state index in [4.69, 9.17) is 10.5 Å². The molecule has 3 N–H and O–H groups in total. The molecular weight excluding hydrogens is 347 g/mol. The van der Waals surface area contributed by atoms with Gasteiger partial charge in [0.05, 0.1) is 30.7 Å². The molecule has 18 heavy (non-hydrogen) atoms. The maximum atomic E-state index is 12.1. The highest BCUT2D eigenvalue weighted by Gasteiger charge is 2.41. The van der Waals surface area contributed by atoms with Crippen LogP contribution >= 0.6 is 22.6 Å². The van der Waals surface area contributed by atoms with E-state index in [0.717, 1.165) is 3.57 Å². The number of carbonyl (C=O) groups excluding carboxylic acids is 2. The molecule has 0 spiro atoms. The molecule has 1 aliphatic heterocycles. The summed E-state index contributed by atoms with van der Waals surface area (Å²) in [5.41, 5.74) is 5.14. The predicted molar refractivity (Wildman–Crippen MR) is 74.0 cm³/mol. The molecule has 96 valence electrons. The number of nitrogens with two attached hydrogens (primary N) is 1. The Morgan fingerprint density at radius 1 is 1.39 bits per heavy atom. The molecule has 0 unspecified atom stereocenters. The van der Waals surface area contributed by atoms with Crippen molar-refractivity contribution in [3.63, 3.8) is 0 Å². The maximum absolute atomic E-state index is 12.1. The molecule has 2 rings (SSSR count). The number of halogens is 1. The minimum absolute atomic E-state index is 0.0994. The van der Waals surface area contributed by atoms with Crippen LogP contribution in [0.3, 0.4) is 0 Å². The molecule has 1 aliphatic rings. The first-order valence-corrected chi connectivity index (χ1v) is 6.53. The lowest BCUT2D eigenvalue weighted by molar-refractivity contribution is -0.127. The third-order valence-corrected chi connectivity index (χ3v) is 3.71. The van der Waals surface area contributed by atoms with Crippen LogP contribution < -0.4 is 11.1 Å². The van der Waals surface area contributed by atoms with Gasteiger partial charge in [-0.2, -0.15) is 0 Å². The van der Waals surface area contributed by atoms with Crippen LogP contribution in [-0.4, -0.2) is 30.6 Å². The third-order valence-electron chi connectivity index (χ3n) is 2.77. The van der Waals surface area contributed by atoms with Gasteiger partial charge >= 0.3 is 0 Å². The van der Waals surface area contributed by atoms with Crippen molar-refractivity contribution < 1.29 is 14.3 Å². The van der Waals surface area contributed by atoms with E-state index in [1.54, 1.807) is 12.1 Å². The van der Waals surface area contributed by atoms with Gasteiger partial charge in [0.1, 0.15) is 0 Å². The predicted octanol–water partition coefficient (Wildman–Crippen LogP) is 0.665. The molecule has 0 aliphatic carbocycles. The molecule has 6 heteroatoms. The molecule has 0 saturated carbocycles. The number of hydrogen-bond acceptors (Lipinski definition) is 3. The first-order chi connectivity index (χ1) is 8.52. The van der Waals surface area contributed by atoms with E-state index in [2.05, 4.69) is 27.9 Å². The van der Waals surface area contributed by atoms with Gasteiger partial charge in [-0.05, 0) is 34.7 Å². The fourth-order valence-electron chi connectivity index (χ4n) is 1.85. The molecule has 0 bridgehead atoms. The van der Waals surface area contributed by atoms with Gasteiger partial charge in [-0.25, -0.2) is 0 Å². The number of rotatable bonds is 4. The summed E-state index contributed by atoms with van der Waals surface area (Å²) in [4.78, 5) is 23.1. The lowest BCUT2D eigenvalue weighted by Crippen LogP contribution is -2.63. The number of ether oxygens (including phenoxy) is 1. The SMILES string of the molecule is NC(=O)CC1(NC(=O)c2ccccc2I)COC1. The molecule has 0 radical (unpaired) electrons. The number of hydrogen-bond donors (Lipinski definition) is 2. The van der Waals surface area contributed by atoms with Gasteiger partial charge in [0.2, 0.25) is 5.91 Å². The smallest absolute Gasteiger partial charge is 0.252 e. The second kappa shape index (κ2) is 5.23. The van der Waals surface area contributed by atoms with Crippen molar-refractivity contribution in [1.29, 1.82) is 0 Å². The molecule has 2 amide bonds. The topological polar surface area (TPSA) is 81.4 Å². The second-order valence-corrected chi connectivity index (χ2v) is 5.51. The summed E-state index contributed by atoms with van der Waals surface area (Å²) in [6.45, 7) is 0.649. The van der Waals surface area contributed by atoms with Gasteiger partial charge in [-0.3, -0.25) is 9.59 Å². The van der Waals surface area contributed by atoms with Gasteiger partial charge < -0.3 is 15.8 Å². The zero-order chi connectivity index (χ0) is 13.2. The summed E-state index contributed by atoms with van der Waals surface area (Å²) in [7, 11) is 0. The Hall–Kier alpha value is -1.15. The Bertz CT molecular complexity index is 486. The van der Waals surface area contributed by atoms with Crippen LogP contribution in [0.15, 0.2) is 24.3 Å². The maximum Gasteiger partial charge on any atom is 0.252 e. The van der Waals surface area contributed by atoms with Crippen LogP contribution in [0.1, 0.15) is 16.8 Å². The van der Waals surface area contributed by atoms with E-state index in [1.807, 2.05) is 12.1 Å². The number of primary amides is 1. The highest BCUT2D eigenvalue weighted by atomic mass is 127. The fourth-order valence-corrected chi connectivity index (χ4v) is 2.49. The molecule has 1 aromatic rings. The molecular formula is C12H13IN2O3. The van der Waals surface area contributed by atoms with Crippen LogP contribution in [0, 0.1) is 3.57 Å². The van der Waals surface area contributed by atoms with E-state index >= 15 is 0 Å². The van der Waals surface area contributed by atoms with Gasteiger partial charge in [0, 0.05) is 3.57 Å². The lowest BCUT2D eigenvalue weighted by Gasteiger charge is -2.41. The fraction of sp³-hybridized carbons (Fsp3) is 0.333. The Balaban J connectivity index is 2.11. The molecule has 1 aromatic carbocycles. The molecule has 5 nitrogen and oxygen atoms in total. The largest absolute Gasteiger partial charge is 0.376 e. The molecule has 1 heterocycles. The summed E-state index contributed by atoms with van der Waals surface area (Å²) in [5, 5.41) is 2.85. The van der Waals surface area contributed by atoms with Gasteiger partial charge in [0.15, 0.2) is 0 Å². The minimum atomic E-state index is -0.637. The summed E-state index contributed by atoms with van der Waals surface area (Å²) in [6, 6.07) is 7.27. The monoisotopic (exact) mass is 360 g/mol. The average Bonchev–Trinajstić information content (AvgIpc) is 2.25. The Labute approximate surface area is 118 Å². The van der Waals surface area contributed by atoms with Gasteiger partial charge in [0.25, 0.3) is 5.91 Å². The number of carbonyl (C=O) groups is 2. The van der Waals surface area contributed by atoms with Crippen molar-refractivity contribution >= 4 is 34.4 Å². The van der Waals surface area contributed by atoms with Crippen LogP contribution in [-0.2, 0) is 9.53 Å². The first-order valence-electron chi connectivity index (χ1n) is 5.45. The van der Waals surface area contributed by atoms with Crippen molar-refractivity contribution in [2.75, 3.05) is 13.2 Å². The van der Waals surface area contributed by atoms with E-state index in [0.29, 0.717) is 18.8 Å².